The minimum absolute atomic E-state index is 0.0452. The van der Waals surface area contributed by atoms with Gasteiger partial charge in [-0.3, -0.25) is 4.79 Å². The molecule has 1 saturated heterocycles. The lowest BCUT2D eigenvalue weighted by Gasteiger charge is -2.31. The third-order valence-electron chi connectivity index (χ3n) is 7.32. The molecule has 0 saturated carbocycles. The number of anilines is 3. The molecule has 210 valence electrons. The number of nitrogens with one attached hydrogen (secondary N) is 3. The van der Waals surface area contributed by atoms with Crippen LogP contribution in [-0.2, 0) is 6.54 Å². The van der Waals surface area contributed by atoms with Gasteiger partial charge in [0.05, 0.1) is 12.2 Å². The first-order chi connectivity index (χ1) is 19.1. The van der Waals surface area contributed by atoms with Gasteiger partial charge in [-0.1, -0.05) is 12.1 Å². The van der Waals surface area contributed by atoms with Crippen molar-refractivity contribution in [3.63, 3.8) is 0 Å². The Balaban J connectivity index is 1.67. The quantitative estimate of drug-likeness (QED) is 0.394. The standard InChI is InChI=1S/C29H33F2N7O2/c1-16(2)34-27(39)18-11-10-17(3)20(13-18)24-21-15-33-29(40)38(25-22(30)8-5-9-23(25)31)26(21)36-28(35-24)32-14-19-7-6-12-37(19)4/h5,8-11,13,16,19H,6-7,12,14-15H2,1-4H3,(H,33,40)(H,34,39)(H,32,35,36)/t19-/m0/s1. The van der Waals surface area contributed by atoms with Gasteiger partial charge in [0.2, 0.25) is 5.95 Å². The monoisotopic (exact) mass is 549 g/mol. The van der Waals surface area contributed by atoms with Crippen LogP contribution in [-0.4, -0.2) is 59.0 Å². The van der Waals surface area contributed by atoms with Gasteiger partial charge in [-0.15, -0.1) is 0 Å². The Bertz CT molecular complexity index is 1440. The predicted octanol–water partition coefficient (Wildman–Crippen LogP) is 4.74. The zero-order valence-corrected chi connectivity index (χ0v) is 23.0. The molecule has 11 heteroatoms. The molecular weight excluding hydrogens is 516 g/mol. The molecule has 1 aromatic heterocycles. The highest BCUT2D eigenvalue weighted by Crippen LogP contribution is 2.39. The number of para-hydroxylation sites is 1. The number of likely N-dealkylation sites (N-methyl/N-ethyl adjacent to an activating group) is 1. The highest BCUT2D eigenvalue weighted by molar-refractivity contribution is 6.02. The summed E-state index contributed by atoms with van der Waals surface area (Å²) in [7, 11) is 2.06. The van der Waals surface area contributed by atoms with Crippen LogP contribution in [0.3, 0.4) is 0 Å². The normalized spacial score (nSPS) is 17.1. The van der Waals surface area contributed by atoms with E-state index in [1.807, 2.05) is 26.8 Å². The SMILES string of the molecule is Cc1ccc(C(=O)NC(C)C)cc1-c1nc(NC[C@@H]2CCCN2C)nc2c1CNC(=O)N2c1c(F)cccc1F. The van der Waals surface area contributed by atoms with Crippen LogP contribution in [0.15, 0.2) is 36.4 Å². The predicted molar refractivity (Wildman–Crippen MR) is 150 cm³/mol. The van der Waals surface area contributed by atoms with E-state index in [9.17, 15) is 18.4 Å². The maximum Gasteiger partial charge on any atom is 0.328 e. The molecule has 3 aromatic rings. The van der Waals surface area contributed by atoms with Crippen LogP contribution in [0.2, 0.25) is 0 Å². The van der Waals surface area contributed by atoms with Crippen LogP contribution in [0.25, 0.3) is 11.3 Å². The molecule has 1 atom stereocenters. The summed E-state index contributed by atoms with van der Waals surface area (Å²) in [6.07, 6.45) is 2.10. The Kier molecular flexibility index (Phi) is 7.66. The van der Waals surface area contributed by atoms with Gasteiger partial charge >= 0.3 is 6.03 Å². The van der Waals surface area contributed by atoms with Crippen molar-refractivity contribution in [2.75, 3.05) is 30.4 Å². The topological polar surface area (TPSA) is 102 Å². The smallest absolute Gasteiger partial charge is 0.328 e. The number of likely N-dealkylation sites (tertiary alicyclic amines) is 1. The van der Waals surface area contributed by atoms with Crippen LogP contribution in [0.4, 0.5) is 31.0 Å². The Morgan fingerprint density at radius 3 is 2.60 bits per heavy atom. The number of amides is 3. The maximum absolute atomic E-state index is 15.0. The summed E-state index contributed by atoms with van der Waals surface area (Å²) in [5.74, 6) is -1.72. The summed E-state index contributed by atoms with van der Waals surface area (Å²) in [6, 6.07) is 8.26. The molecule has 3 heterocycles. The van der Waals surface area contributed by atoms with E-state index in [1.54, 1.807) is 12.1 Å². The number of fused-ring (bicyclic) bond motifs is 1. The number of rotatable bonds is 7. The molecule has 0 unspecified atom stereocenters. The van der Waals surface area contributed by atoms with Crippen molar-refractivity contribution < 1.29 is 18.4 Å². The number of benzene rings is 2. The first kappa shape index (κ1) is 27.4. The van der Waals surface area contributed by atoms with E-state index in [2.05, 4.69) is 32.9 Å². The summed E-state index contributed by atoms with van der Waals surface area (Å²) in [5, 5.41) is 8.89. The van der Waals surface area contributed by atoms with Gasteiger partial charge in [0.1, 0.15) is 17.3 Å². The molecule has 0 spiro atoms. The van der Waals surface area contributed by atoms with Crippen molar-refractivity contribution in [1.82, 2.24) is 25.5 Å². The van der Waals surface area contributed by atoms with Gasteiger partial charge in [-0.05, 0) is 77.0 Å². The van der Waals surface area contributed by atoms with Gasteiger partial charge in [0.25, 0.3) is 5.91 Å². The van der Waals surface area contributed by atoms with E-state index < -0.39 is 23.4 Å². The Morgan fingerprint density at radius 1 is 1.18 bits per heavy atom. The average molecular weight is 550 g/mol. The second-order valence-electron chi connectivity index (χ2n) is 10.6. The molecular formula is C29H33F2N7O2. The van der Waals surface area contributed by atoms with Crippen molar-refractivity contribution in [2.24, 2.45) is 0 Å². The van der Waals surface area contributed by atoms with Crippen molar-refractivity contribution in [1.29, 1.82) is 0 Å². The average Bonchev–Trinajstić information content (AvgIpc) is 3.32. The maximum atomic E-state index is 15.0. The zero-order chi connectivity index (χ0) is 28.6. The van der Waals surface area contributed by atoms with E-state index in [0.29, 0.717) is 28.9 Å². The molecule has 1 fully saturated rings. The van der Waals surface area contributed by atoms with Crippen LogP contribution >= 0.6 is 0 Å². The Labute approximate surface area is 232 Å². The van der Waals surface area contributed by atoms with Gasteiger partial charge in [0, 0.05) is 35.3 Å². The van der Waals surface area contributed by atoms with Gasteiger partial charge in [-0.25, -0.2) is 23.5 Å². The molecule has 40 heavy (non-hydrogen) atoms. The molecule has 0 bridgehead atoms. The molecule has 9 nitrogen and oxygen atoms in total. The van der Waals surface area contributed by atoms with Crippen LogP contribution in [0, 0.1) is 18.6 Å². The van der Waals surface area contributed by atoms with E-state index >= 15 is 0 Å². The highest BCUT2D eigenvalue weighted by atomic mass is 19.1. The van der Waals surface area contributed by atoms with E-state index in [0.717, 1.165) is 42.0 Å². The highest BCUT2D eigenvalue weighted by Gasteiger charge is 2.34. The van der Waals surface area contributed by atoms with Gasteiger partial charge in [0.15, 0.2) is 5.82 Å². The lowest BCUT2D eigenvalue weighted by atomic mass is 9.97. The van der Waals surface area contributed by atoms with Crippen molar-refractivity contribution >= 4 is 29.4 Å². The number of hydrogen-bond donors (Lipinski definition) is 3. The third-order valence-corrected chi connectivity index (χ3v) is 7.32. The van der Waals surface area contributed by atoms with E-state index in [1.165, 1.54) is 6.07 Å². The first-order valence-electron chi connectivity index (χ1n) is 13.4. The third kappa shape index (κ3) is 5.33. The minimum Gasteiger partial charge on any atom is -0.353 e. The van der Waals surface area contributed by atoms with Crippen molar-refractivity contribution in [3.8, 4) is 11.3 Å². The molecule has 3 N–H and O–H groups in total. The molecule has 0 aliphatic carbocycles. The summed E-state index contributed by atoms with van der Waals surface area (Å²) >= 11 is 0. The fourth-order valence-corrected chi connectivity index (χ4v) is 5.18. The minimum atomic E-state index is -0.895. The van der Waals surface area contributed by atoms with E-state index in [-0.39, 0.29) is 36.3 Å². The Morgan fingerprint density at radius 2 is 1.93 bits per heavy atom. The molecule has 0 radical (unpaired) electrons. The molecule has 2 aliphatic rings. The van der Waals surface area contributed by atoms with Gasteiger partial charge in [-0.2, -0.15) is 4.98 Å². The summed E-state index contributed by atoms with van der Waals surface area (Å²) in [5.41, 5.74) is 2.36. The summed E-state index contributed by atoms with van der Waals surface area (Å²) in [4.78, 5) is 38.5. The number of carbonyl (C=O) groups excluding carboxylic acids is 2. The summed E-state index contributed by atoms with van der Waals surface area (Å²) < 4.78 is 29.9. The number of halogens is 2. The molecule has 3 amide bonds. The Hall–Kier alpha value is -4.12. The lowest BCUT2D eigenvalue weighted by Crippen LogP contribution is -2.43. The fourth-order valence-electron chi connectivity index (χ4n) is 5.18. The molecule has 5 rings (SSSR count). The fraction of sp³-hybridized carbons (Fsp3) is 0.379. The number of carbonyl (C=O) groups is 2. The van der Waals surface area contributed by atoms with Crippen molar-refractivity contribution in [3.05, 3.63) is 64.7 Å². The number of aryl methyl sites for hydroxylation is 1. The van der Waals surface area contributed by atoms with Gasteiger partial charge < -0.3 is 20.9 Å². The van der Waals surface area contributed by atoms with Crippen molar-refractivity contribution in [2.45, 2.75) is 52.2 Å². The van der Waals surface area contributed by atoms with E-state index in [4.69, 9.17) is 4.98 Å². The van der Waals surface area contributed by atoms with Crippen LogP contribution < -0.4 is 20.9 Å². The van der Waals surface area contributed by atoms with Crippen LogP contribution in [0.5, 0.6) is 0 Å². The number of nitrogens with zero attached hydrogens (tertiary/aromatic N) is 4. The second-order valence-corrected chi connectivity index (χ2v) is 10.6. The second kappa shape index (κ2) is 11.2. The lowest BCUT2D eigenvalue weighted by molar-refractivity contribution is 0.0943. The molecule has 2 aliphatic heterocycles. The first-order valence-corrected chi connectivity index (χ1v) is 13.4. The largest absolute Gasteiger partial charge is 0.353 e. The molecule has 2 aromatic carbocycles. The summed E-state index contributed by atoms with van der Waals surface area (Å²) in [6.45, 7) is 7.26. The number of urea groups is 1. The number of hydrogen-bond acceptors (Lipinski definition) is 6. The van der Waals surface area contributed by atoms with Crippen LogP contribution in [0.1, 0.15) is 48.2 Å². The zero-order valence-electron chi connectivity index (χ0n) is 23.0. The number of aromatic nitrogens is 2.